The lowest BCUT2D eigenvalue weighted by molar-refractivity contribution is 0.102. The number of aromatic nitrogens is 2. The highest BCUT2D eigenvalue weighted by molar-refractivity contribution is 6.03. The van der Waals surface area contributed by atoms with Crippen molar-refractivity contribution in [1.29, 1.82) is 0 Å². The van der Waals surface area contributed by atoms with Crippen molar-refractivity contribution < 1.29 is 14.3 Å². The van der Waals surface area contributed by atoms with Gasteiger partial charge in [-0.05, 0) is 86.3 Å². The highest BCUT2D eigenvalue weighted by Gasteiger charge is 2.15. The van der Waals surface area contributed by atoms with Crippen LogP contribution in [0, 0.1) is 0 Å². The summed E-state index contributed by atoms with van der Waals surface area (Å²) in [5.74, 6) is 1.76. The first-order chi connectivity index (χ1) is 14.7. The number of nitrogens with zero attached hydrogens (tertiary/aromatic N) is 2. The van der Waals surface area contributed by atoms with Gasteiger partial charge in [0.25, 0.3) is 5.91 Å². The molecule has 3 aromatic rings. The predicted molar refractivity (Wildman–Crippen MR) is 116 cm³/mol. The number of anilines is 1. The molecular formula is C24H25N3O3. The molecule has 0 aliphatic heterocycles. The molecule has 1 fully saturated rings. The van der Waals surface area contributed by atoms with Crippen molar-refractivity contribution in [1.82, 2.24) is 10.2 Å². The minimum Gasteiger partial charge on any atom is -0.497 e. The standard InChI is InChI=1S/C24H25N3O3/c1-29-19-11-7-17(8-12-19)22-15-16-23(27-26-22)25-24(28)18-9-13-21(14-10-18)30-20-5-3-2-4-6-20/h7-16,20H,2-6H2,1H3,(H,25,27,28). The lowest BCUT2D eigenvalue weighted by Crippen LogP contribution is -2.19. The quantitative estimate of drug-likeness (QED) is 0.619. The van der Waals surface area contributed by atoms with E-state index in [2.05, 4.69) is 15.5 Å². The summed E-state index contributed by atoms with van der Waals surface area (Å²) in [4.78, 5) is 12.5. The molecule has 1 amide bonds. The molecule has 0 unspecified atom stereocenters. The number of hydrogen-bond donors (Lipinski definition) is 1. The van der Waals surface area contributed by atoms with Crippen LogP contribution in [0.1, 0.15) is 42.5 Å². The molecule has 1 saturated carbocycles. The minimum atomic E-state index is -0.231. The zero-order chi connectivity index (χ0) is 20.8. The first-order valence-corrected chi connectivity index (χ1v) is 10.3. The van der Waals surface area contributed by atoms with Crippen molar-refractivity contribution >= 4 is 11.7 Å². The molecule has 154 valence electrons. The third-order valence-corrected chi connectivity index (χ3v) is 5.26. The molecule has 1 aliphatic rings. The maximum Gasteiger partial charge on any atom is 0.256 e. The molecular weight excluding hydrogens is 378 g/mol. The predicted octanol–water partition coefficient (Wildman–Crippen LogP) is 5.12. The van der Waals surface area contributed by atoms with Crippen LogP contribution >= 0.6 is 0 Å². The fraction of sp³-hybridized carbons (Fsp3) is 0.292. The number of ether oxygens (including phenoxy) is 2. The van der Waals surface area contributed by atoms with E-state index in [1.165, 1.54) is 19.3 Å². The van der Waals surface area contributed by atoms with E-state index in [1.54, 1.807) is 25.3 Å². The van der Waals surface area contributed by atoms with Crippen molar-refractivity contribution in [2.75, 3.05) is 12.4 Å². The van der Waals surface area contributed by atoms with Crippen LogP contribution in [0.25, 0.3) is 11.3 Å². The van der Waals surface area contributed by atoms with Crippen LogP contribution in [0.2, 0.25) is 0 Å². The van der Waals surface area contributed by atoms with Crippen LogP contribution in [0.4, 0.5) is 5.82 Å². The smallest absolute Gasteiger partial charge is 0.256 e. The minimum absolute atomic E-state index is 0.231. The summed E-state index contributed by atoms with van der Waals surface area (Å²) in [6, 6.07) is 18.4. The van der Waals surface area contributed by atoms with E-state index < -0.39 is 0 Å². The molecule has 1 heterocycles. The van der Waals surface area contributed by atoms with Gasteiger partial charge in [0.15, 0.2) is 5.82 Å². The summed E-state index contributed by atoms with van der Waals surface area (Å²) in [5, 5.41) is 11.1. The topological polar surface area (TPSA) is 73.3 Å². The van der Waals surface area contributed by atoms with E-state index in [-0.39, 0.29) is 12.0 Å². The van der Waals surface area contributed by atoms with Gasteiger partial charge >= 0.3 is 0 Å². The van der Waals surface area contributed by atoms with Gasteiger partial charge in [-0.15, -0.1) is 10.2 Å². The lowest BCUT2D eigenvalue weighted by Gasteiger charge is -2.23. The van der Waals surface area contributed by atoms with Crippen LogP contribution in [0.15, 0.2) is 60.7 Å². The Kier molecular flexibility index (Phi) is 6.23. The van der Waals surface area contributed by atoms with Crippen molar-refractivity contribution in [3.8, 4) is 22.8 Å². The molecule has 1 aromatic heterocycles. The van der Waals surface area contributed by atoms with E-state index in [9.17, 15) is 4.79 Å². The summed E-state index contributed by atoms with van der Waals surface area (Å²) < 4.78 is 11.2. The Labute approximate surface area is 176 Å². The van der Waals surface area contributed by atoms with Crippen molar-refractivity contribution in [2.45, 2.75) is 38.2 Å². The average molecular weight is 403 g/mol. The maximum atomic E-state index is 12.5. The van der Waals surface area contributed by atoms with E-state index in [0.29, 0.717) is 11.4 Å². The Morgan fingerprint density at radius 3 is 2.20 bits per heavy atom. The second-order valence-electron chi connectivity index (χ2n) is 7.39. The lowest BCUT2D eigenvalue weighted by atomic mass is 9.98. The van der Waals surface area contributed by atoms with Crippen molar-refractivity contribution in [3.63, 3.8) is 0 Å². The number of hydrogen-bond acceptors (Lipinski definition) is 5. The molecule has 0 spiro atoms. The maximum absolute atomic E-state index is 12.5. The first-order valence-electron chi connectivity index (χ1n) is 10.3. The molecule has 1 aliphatic carbocycles. The summed E-state index contributed by atoms with van der Waals surface area (Å²) in [5.41, 5.74) is 2.20. The van der Waals surface area contributed by atoms with Crippen LogP contribution < -0.4 is 14.8 Å². The van der Waals surface area contributed by atoms with Crippen molar-refractivity contribution in [2.24, 2.45) is 0 Å². The molecule has 6 nitrogen and oxygen atoms in total. The molecule has 0 radical (unpaired) electrons. The van der Waals surface area contributed by atoms with Gasteiger partial charge < -0.3 is 14.8 Å². The van der Waals surface area contributed by atoms with Gasteiger partial charge in [0.2, 0.25) is 0 Å². The van der Waals surface area contributed by atoms with Gasteiger partial charge in [-0.2, -0.15) is 0 Å². The van der Waals surface area contributed by atoms with Crippen LogP contribution in [0.3, 0.4) is 0 Å². The van der Waals surface area contributed by atoms with Gasteiger partial charge in [0, 0.05) is 11.1 Å². The Bertz CT molecular complexity index is 964. The Morgan fingerprint density at radius 2 is 1.57 bits per heavy atom. The number of benzene rings is 2. The summed E-state index contributed by atoms with van der Waals surface area (Å²) in [6.07, 6.45) is 6.24. The Balaban J connectivity index is 1.35. The number of rotatable bonds is 6. The van der Waals surface area contributed by atoms with E-state index in [4.69, 9.17) is 9.47 Å². The fourth-order valence-corrected chi connectivity index (χ4v) is 3.56. The number of carbonyl (C=O) groups is 1. The molecule has 6 heteroatoms. The summed E-state index contributed by atoms with van der Waals surface area (Å²) in [7, 11) is 1.63. The third-order valence-electron chi connectivity index (χ3n) is 5.26. The monoisotopic (exact) mass is 403 g/mol. The normalized spacial score (nSPS) is 14.2. The van der Waals surface area contributed by atoms with E-state index >= 15 is 0 Å². The van der Waals surface area contributed by atoms with Gasteiger partial charge in [-0.1, -0.05) is 6.42 Å². The van der Waals surface area contributed by atoms with Gasteiger partial charge in [-0.25, -0.2) is 0 Å². The fourth-order valence-electron chi connectivity index (χ4n) is 3.56. The van der Waals surface area contributed by atoms with Gasteiger partial charge in [-0.3, -0.25) is 4.79 Å². The molecule has 2 aromatic carbocycles. The molecule has 0 atom stereocenters. The summed E-state index contributed by atoms with van der Waals surface area (Å²) >= 11 is 0. The number of amides is 1. The molecule has 30 heavy (non-hydrogen) atoms. The zero-order valence-electron chi connectivity index (χ0n) is 17.0. The highest BCUT2D eigenvalue weighted by atomic mass is 16.5. The Morgan fingerprint density at radius 1 is 0.867 bits per heavy atom. The van der Waals surface area contributed by atoms with E-state index in [1.807, 2.05) is 42.5 Å². The second kappa shape index (κ2) is 9.39. The average Bonchev–Trinajstić information content (AvgIpc) is 2.81. The van der Waals surface area contributed by atoms with Crippen molar-refractivity contribution in [3.05, 3.63) is 66.2 Å². The summed E-state index contributed by atoms with van der Waals surface area (Å²) in [6.45, 7) is 0. The van der Waals surface area contributed by atoms with Crippen LogP contribution in [0.5, 0.6) is 11.5 Å². The molecule has 0 saturated heterocycles. The van der Waals surface area contributed by atoms with Gasteiger partial charge in [0.1, 0.15) is 11.5 Å². The van der Waals surface area contributed by atoms with Gasteiger partial charge in [0.05, 0.1) is 18.9 Å². The molecule has 4 rings (SSSR count). The van der Waals surface area contributed by atoms with Crippen LogP contribution in [-0.2, 0) is 0 Å². The van der Waals surface area contributed by atoms with E-state index in [0.717, 1.165) is 35.6 Å². The first kappa shape index (κ1) is 19.9. The zero-order valence-corrected chi connectivity index (χ0v) is 17.0. The number of carbonyl (C=O) groups excluding carboxylic acids is 1. The SMILES string of the molecule is COc1ccc(-c2ccc(NC(=O)c3ccc(OC4CCCCC4)cc3)nn2)cc1. The molecule has 0 bridgehead atoms. The largest absolute Gasteiger partial charge is 0.497 e. The second-order valence-corrected chi connectivity index (χ2v) is 7.39. The number of methoxy groups -OCH3 is 1. The highest BCUT2D eigenvalue weighted by Crippen LogP contribution is 2.24. The molecule has 1 N–H and O–H groups in total. The Hall–Kier alpha value is -3.41. The number of nitrogens with one attached hydrogen (secondary N) is 1. The van der Waals surface area contributed by atoms with Crippen LogP contribution in [-0.4, -0.2) is 29.3 Å². The third kappa shape index (κ3) is 4.95.